The molecule has 288 valence electrons. The fourth-order valence-electron chi connectivity index (χ4n) is 9.54. The molecule has 0 heterocycles. The summed E-state index contributed by atoms with van der Waals surface area (Å²) in [5.74, 6) is 0.448. The van der Waals surface area contributed by atoms with Crippen molar-refractivity contribution in [2.24, 2.45) is 0 Å². The van der Waals surface area contributed by atoms with Gasteiger partial charge in [-0.25, -0.2) is 0 Å². The summed E-state index contributed by atoms with van der Waals surface area (Å²) in [6, 6.07) is 83.2. The van der Waals surface area contributed by atoms with Crippen LogP contribution in [0.4, 0.5) is 0 Å². The second-order valence-corrected chi connectivity index (χ2v) is 16.6. The van der Waals surface area contributed by atoms with E-state index in [9.17, 15) is 0 Å². The first-order valence-corrected chi connectivity index (χ1v) is 21.4. The maximum absolute atomic E-state index is 2.44. The topological polar surface area (TPSA) is 0 Å². The van der Waals surface area contributed by atoms with E-state index in [1.165, 1.54) is 115 Å². The highest BCUT2D eigenvalue weighted by Crippen LogP contribution is 2.46. The van der Waals surface area contributed by atoms with E-state index in [0.717, 1.165) is 0 Å². The van der Waals surface area contributed by atoms with Crippen LogP contribution < -0.4 is 0 Å². The SMILES string of the molecule is CC(C)c1cccc(-c2c3ccccc3c(-c3ccc(-c4ccc5ccccc5c4)c(-c4cccc(-c5ccc(-c6cccc7ccccc67)cc5)c4)c3)c3ccccc23)c1. The van der Waals surface area contributed by atoms with Gasteiger partial charge in [-0.05, 0) is 140 Å². The summed E-state index contributed by atoms with van der Waals surface area (Å²) in [4.78, 5) is 0. The van der Waals surface area contributed by atoms with Crippen LogP contribution in [0.2, 0.25) is 0 Å². The van der Waals surface area contributed by atoms with Crippen LogP contribution in [0.1, 0.15) is 25.3 Å². The van der Waals surface area contributed by atoms with Gasteiger partial charge in [-0.2, -0.15) is 0 Å². The van der Waals surface area contributed by atoms with E-state index in [1.807, 2.05) is 0 Å². The molecular formula is C61H44. The summed E-state index contributed by atoms with van der Waals surface area (Å²) in [5, 5.41) is 10.1. The maximum Gasteiger partial charge on any atom is -0.00261 e. The molecule has 0 aromatic heterocycles. The molecule has 0 heteroatoms. The fourth-order valence-corrected chi connectivity index (χ4v) is 9.54. The third kappa shape index (κ3) is 6.58. The summed E-state index contributed by atoms with van der Waals surface area (Å²) in [5.41, 5.74) is 16.1. The molecule has 0 bridgehead atoms. The van der Waals surface area contributed by atoms with E-state index in [-0.39, 0.29) is 0 Å². The molecule has 0 aliphatic rings. The molecule has 0 aliphatic heterocycles. The van der Waals surface area contributed by atoms with Crippen LogP contribution in [0, 0.1) is 0 Å². The standard InChI is InChI=1S/C61H44/c1-40(2)45-18-11-21-50(36-45)60-55-23-7-9-25-57(55)61(58-26-10-8-24-56(58)60)51-34-35-54(49-33-30-41-14-3-4-16-46(41)38-49)59(39-51)48-20-12-19-47(37-48)42-28-31-44(32-29-42)53-27-13-17-43-15-5-6-22-52(43)53/h3-40H,1-2H3. The van der Waals surface area contributed by atoms with E-state index in [2.05, 4.69) is 238 Å². The smallest absolute Gasteiger partial charge is 0.00261 e. The van der Waals surface area contributed by atoms with Gasteiger partial charge in [0.2, 0.25) is 0 Å². The van der Waals surface area contributed by atoms with Gasteiger partial charge in [-0.3, -0.25) is 0 Å². The molecule has 0 nitrogen and oxygen atoms in total. The van der Waals surface area contributed by atoms with Gasteiger partial charge >= 0.3 is 0 Å². The highest BCUT2D eigenvalue weighted by molar-refractivity contribution is 6.21. The molecular weight excluding hydrogens is 733 g/mol. The van der Waals surface area contributed by atoms with Gasteiger partial charge in [0.05, 0.1) is 0 Å². The van der Waals surface area contributed by atoms with E-state index in [0.29, 0.717) is 5.92 Å². The average molecular weight is 777 g/mol. The van der Waals surface area contributed by atoms with Crippen molar-refractivity contribution in [1.29, 1.82) is 0 Å². The Balaban J connectivity index is 1.09. The first-order valence-electron chi connectivity index (χ1n) is 21.4. The van der Waals surface area contributed by atoms with E-state index < -0.39 is 0 Å². The van der Waals surface area contributed by atoms with Crippen molar-refractivity contribution in [3.63, 3.8) is 0 Å². The number of hydrogen-bond acceptors (Lipinski definition) is 0. The number of benzene rings is 11. The molecule has 11 rings (SSSR count). The summed E-state index contributed by atoms with van der Waals surface area (Å²) in [6.45, 7) is 4.55. The molecule has 11 aromatic carbocycles. The molecule has 0 fully saturated rings. The molecule has 11 aromatic rings. The minimum atomic E-state index is 0.448. The van der Waals surface area contributed by atoms with Crippen molar-refractivity contribution < 1.29 is 0 Å². The Bertz CT molecular complexity index is 3380. The lowest BCUT2D eigenvalue weighted by Crippen LogP contribution is -1.94. The minimum Gasteiger partial charge on any atom is -0.0616 e. The second kappa shape index (κ2) is 15.2. The Morgan fingerprint density at radius 3 is 1.44 bits per heavy atom. The van der Waals surface area contributed by atoms with Gasteiger partial charge in [0.1, 0.15) is 0 Å². The van der Waals surface area contributed by atoms with Gasteiger partial charge < -0.3 is 0 Å². The predicted octanol–water partition coefficient (Wildman–Crippen LogP) is 17.4. The normalized spacial score (nSPS) is 11.6. The van der Waals surface area contributed by atoms with Crippen LogP contribution in [0.15, 0.2) is 224 Å². The zero-order chi connectivity index (χ0) is 40.9. The van der Waals surface area contributed by atoms with Crippen molar-refractivity contribution in [2.75, 3.05) is 0 Å². The van der Waals surface area contributed by atoms with Crippen molar-refractivity contribution >= 4 is 43.1 Å². The first-order chi connectivity index (χ1) is 30.1. The quantitative estimate of drug-likeness (QED) is 0.141. The molecule has 0 saturated carbocycles. The van der Waals surface area contributed by atoms with Gasteiger partial charge in [-0.1, -0.05) is 220 Å². The van der Waals surface area contributed by atoms with Crippen LogP contribution in [0.3, 0.4) is 0 Å². The first kappa shape index (κ1) is 36.5. The highest BCUT2D eigenvalue weighted by Gasteiger charge is 2.19. The lowest BCUT2D eigenvalue weighted by atomic mass is 9.83. The Kier molecular flexibility index (Phi) is 9.13. The van der Waals surface area contributed by atoms with Gasteiger partial charge in [0.15, 0.2) is 0 Å². The zero-order valence-electron chi connectivity index (χ0n) is 34.4. The number of hydrogen-bond donors (Lipinski definition) is 0. The van der Waals surface area contributed by atoms with Crippen molar-refractivity contribution in [3.8, 4) is 66.8 Å². The van der Waals surface area contributed by atoms with Gasteiger partial charge in [0.25, 0.3) is 0 Å². The zero-order valence-corrected chi connectivity index (χ0v) is 34.4. The minimum absolute atomic E-state index is 0.448. The van der Waals surface area contributed by atoms with Crippen molar-refractivity contribution in [3.05, 3.63) is 230 Å². The van der Waals surface area contributed by atoms with Crippen molar-refractivity contribution in [1.82, 2.24) is 0 Å². The van der Waals surface area contributed by atoms with Crippen LogP contribution in [0.5, 0.6) is 0 Å². The highest BCUT2D eigenvalue weighted by atomic mass is 14.2. The molecule has 0 aliphatic carbocycles. The predicted molar refractivity (Wildman–Crippen MR) is 263 cm³/mol. The average Bonchev–Trinajstić information content (AvgIpc) is 3.33. The summed E-state index contributed by atoms with van der Waals surface area (Å²) < 4.78 is 0. The van der Waals surface area contributed by atoms with Gasteiger partial charge in [0, 0.05) is 0 Å². The number of rotatable bonds is 7. The molecule has 0 N–H and O–H groups in total. The van der Waals surface area contributed by atoms with E-state index in [1.54, 1.807) is 0 Å². The molecule has 0 amide bonds. The second-order valence-electron chi connectivity index (χ2n) is 16.6. The van der Waals surface area contributed by atoms with Crippen LogP contribution >= 0.6 is 0 Å². The largest absolute Gasteiger partial charge is 0.0616 e. The van der Waals surface area contributed by atoms with Crippen molar-refractivity contribution in [2.45, 2.75) is 19.8 Å². The molecule has 61 heavy (non-hydrogen) atoms. The maximum atomic E-state index is 2.44. The van der Waals surface area contributed by atoms with E-state index >= 15 is 0 Å². The summed E-state index contributed by atoms with van der Waals surface area (Å²) in [6.07, 6.45) is 0. The van der Waals surface area contributed by atoms with E-state index in [4.69, 9.17) is 0 Å². The third-order valence-electron chi connectivity index (χ3n) is 12.6. The monoisotopic (exact) mass is 776 g/mol. The summed E-state index contributed by atoms with van der Waals surface area (Å²) >= 11 is 0. The Labute approximate surface area is 358 Å². The summed E-state index contributed by atoms with van der Waals surface area (Å²) in [7, 11) is 0. The van der Waals surface area contributed by atoms with Crippen LogP contribution in [0.25, 0.3) is 110 Å². The Morgan fingerprint density at radius 2 is 0.738 bits per heavy atom. The Hall–Kier alpha value is -7.54. The van der Waals surface area contributed by atoms with Crippen LogP contribution in [-0.4, -0.2) is 0 Å². The lowest BCUT2D eigenvalue weighted by Gasteiger charge is -2.20. The molecule has 0 saturated heterocycles. The van der Waals surface area contributed by atoms with Crippen LogP contribution in [-0.2, 0) is 0 Å². The lowest BCUT2D eigenvalue weighted by molar-refractivity contribution is 0.867. The molecule has 0 atom stereocenters. The molecule has 0 radical (unpaired) electrons. The molecule has 0 spiro atoms. The van der Waals surface area contributed by atoms with Gasteiger partial charge in [-0.15, -0.1) is 0 Å². The third-order valence-corrected chi connectivity index (χ3v) is 12.6. The number of fused-ring (bicyclic) bond motifs is 4. The fraction of sp³-hybridized carbons (Fsp3) is 0.0492. The molecule has 0 unspecified atom stereocenters. The Morgan fingerprint density at radius 1 is 0.246 bits per heavy atom.